The highest BCUT2D eigenvalue weighted by Crippen LogP contribution is 2.35. The van der Waals surface area contributed by atoms with Crippen molar-refractivity contribution in [3.63, 3.8) is 0 Å². The normalized spacial score (nSPS) is 10.7. The van der Waals surface area contributed by atoms with Crippen LogP contribution in [0.5, 0.6) is 0 Å². The van der Waals surface area contributed by atoms with Crippen molar-refractivity contribution < 1.29 is 0 Å². The van der Waals surface area contributed by atoms with E-state index in [0.717, 1.165) is 0 Å². The van der Waals surface area contributed by atoms with Gasteiger partial charge in [0.1, 0.15) is 0 Å². The number of rotatable bonds is 4. The Morgan fingerprint density at radius 2 is 0.963 bits per heavy atom. The molecular formula is C26H22S. The summed E-state index contributed by atoms with van der Waals surface area (Å²) in [6.45, 7) is 4.35. The van der Waals surface area contributed by atoms with E-state index in [2.05, 4.69) is 111 Å². The molecule has 0 spiro atoms. The van der Waals surface area contributed by atoms with E-state index >= 15 is 0 Å². The molecule has 4 rings (SSSR count). The van der Waals surface area contributed by atoms with Crippen molar-refractivity contribution in [3.8, 4) is 22.3 Å². The number of hydrogen-bond acceptors (Lipinski definition) is 1. The fourth-order valence-corrected chi connectivity index (χ4v) is 4.19. The van der Waals surface area contributed by atoms with E-state index in [-0.39, 0.29) is 0 Å². The van der Waals surface area contributed by atoms with Crippen molar-refractivity contribution >= 4 is 11.8 Å². The minimum absolute atomic E-state index is 1.25. The van der Waals surface area contributed by atoms with Gasteiger partial charge in [-0.1, -0.05) is 96.7 Å². The third kappa shape index (κ3) is 3.99. The summed E-state index contributed by atoms with van der Waals surface area (Å²) in [6, 6.07) is 34.7. The monoisotopic (exact) mass is 366 g/mol. The Bertz CT molecular complexity index is 1050. The van der Waals surface area contributed by atoms with Crippen molar-refractivity contribution in [2.75, 3.05) is 0 Å². The summed E-state index contributed by atoms with van der Waals surface area (Å²) in [7, 11) is 0. The molecule has 0 unspecified atom stereocenters. The summed E-state index contributed by atoms with van der Waals surface area (Å²) in [5, 5.41) is 0. The lowest BCUT2D eigenvalue weighted by Crippen LogP contribution is -1.86. The maximum Gasteiger partial charge on any atom is 0.0157 e. The van der Waals surface area contributed by atoms with E-state index in [0.29, 0.717) is 0 Å². The van der Waals surface area contributed by atoms with Gasteiger partial charge in [0.2, 0.25) is 0 Å². The van der Waals surface area contributed by atoms with Crippen LogP contribution in [0.15, 0.2) is 107 Å². The van der Waals surface area contributed by atoms with Crippen LogP contribution in [0, 0.1) is 13.8 Å². The van der Waals surface area contributed by atoms with Crippen LogP contribution >= 0.6 is 11.8 Å². The molecule has 0 fully saturated rings. The van der Waals surface area contributed by atoms with Crippen molar-refractivity contribution in [1.82, 2.24) is 0 Å². The first kappa shape index (κ1) is 17.6. The average Bonchev–Trinajstić information content (AvgIpc) is 2.72. The molecule has 0 bridgehead atoms. The summed E-state index contributed by atoms with van der Waals surface area (Å²) in [6.07, 6.45) is 0. The predicted octanol–water partition coefficient (Wildman–Crippen LogP) is 7.79. The van der Waals surface area contributed by atoms with Crippen LogP contribution in [0.3, 0.4) is 0 Å². The molecule has 0 aliphatic carbocycles. The zero-order valence-electron chi connectivity index (χ0n) is 15.6. The standard InChI is InChI=1S/C26H22S/c1-19-8-6-7-11-25(19)27-26-18-24(13-12-20(26)2)23-16-14-22(15-17-23)21-9-4-3-5-10-21/h3-18H,1-2H3. The second-order valence-electron chi connectivity index (χ2n) is 6.79. The van der Waals surface area contributed by atoms with E-state index in [4.69, 9.17) is 0 Å². The Hall–Kier alpha value is -2.77. The maximum absolute atomic E-state index is 2.31. The van der Waals surface area contributed by atoms with Gasteiger partial charge < -0.3 is 0 Å². The number of hydrogen-bond donors (Lipinski definition) is 0. The van der Waals surface area contributed by atoms with Gasteiger partial charge in [0.05, 0.1) is 0 Å². The molecule has 0 aliphatic rings. The molecule has 4 aromatic carbocycles. The van der Waals surface area contributed by atoms with E-state index in [1.165, 1.54) is 43.2 Å². The lowest BCUT2D eigenvalue weighted by Gasteiger charge is -2.11. The van der Waals surface area contributed by atoms with E-state index in [9.17, 15) is 0 Å². The minimum Gasteiger partial charge on any atom is -0.0895 e. The fourth-order valence-electron chi connectivity index (χ4n) is 3.16. The molecule has 0 aromatic heterocycles. The molecule has 0 nitrogen and oxygen atoms in total. The summed E-state index contributed by atoms with van der Waals surface area (Å²) >= 11 is 1.85. The third-order valence-electron chi connectivity index (χ3n) is 4.83. The second kappa shape index (κ2) is 7.85. The Balaban J connectivity index is 1.64. The minimum atomic E-state index is 1.25. The quantitative estimate of drug-likeness (QED) is 0.355. The third-order valence-corrected chi connectivity index (χ3v) is 6.16. The van der Waals surface area contributed by atoms with Gasteiger partial charge in [0, 0.05) is 9.79 Å². The smallest absolute Gasteiger partial charge is 0.0157 e. The lowest BCUT2D eigenvalue weighted by atomic mass is 10.00. The first-order valence-corrected chi connectivity index (χ1v) is 10.0. The summed E-state index contributed by atoms with van der Waals surface area (Å²) in [4.78, 5) is 2.63. The fraction of sp³-hybridized carbons (Fsp3) is 0.0769. The van der Waals surface area contributed by atoms with Crippen molar-refractivity contribution in [3.05, 3.63) is 108 Å². The highest BCUT2D eigenvalue weighted by molar-refractivity contribution is 7.99. The number of benzene rings is 4. The topological polar surface area (TPSA) is 0 Å². The molecule has 4 aromatic rings. The summed E-state index contributed by atoms with van der Waals surface area (Å²) < 4.78 is 0. The van der Waals surface area contributed by atoms with Crippen molar-refractivity contribution in [2.45, 2.75) is 23.6 Å². The molecule has 0 saturated carbocycles. The Kier molecular flexibility index (Phi) is 5.13. The Morgan fingerprint density at radius 1 is 0.444 bits per heavy atom. The van der Waals surface area contributed by atoms with Crippen LogP contribution < -0.4 is 0 Å². The zero-order chi connectivity index (χ0) is 18.6. The van der Waals surface area contributed by atoms with Crippen molar-refractivity contribution in [1.29, 1.82) is 0 Å². The highest BCUT2D eigenvalue weighted by atomic mass is 32.2. The first-order valence-electron chi connectivity index (χ1n) is 9.21. The van der Waals surface area contributed by atoms with Gasteiger partial charge in [0.25, 0.3) is 0 Å². The molecular weight excluding hydrogens is 344 g/mol. The second-order valence-corrected chi connectivity index (χ2v) is 7.87. The van der Waals surface area contributed by atoms with Gasteiger partial charge in [-0.2, -0.15) is 0 Å². The van der Waals surface area contributed by atoms with Crippen LogP contribution in [0.25, 0.3) is 22.3 Å². The molecule has 0 heterocycles. The number of aryl methyl sites for hydroxylation is 2. The van der Waals surface area contributed by atoms with Gasteiger partial charge in [-0.05, 0) is 59.4 Å². The SMILES string of the molecule is Cc1ccccc1Sc1cc(-c2ccc(-c3ccccc3)cc2)ccc1C. The molecule has 0 atom stereocenters. The zero-order valence-corrected chi connectivity index (χ0v) is 16.5. The molecule has 0 radical (unpaired) electrons. The lowest BCUT2D eigenvalue weighted by molar-refractivity contribution is 1.26. The van der Waals surface area contributed by atoms with Crippen LogP contribution in [-0.2, 0) is 0 Å². The average molecular weight is 367 g/mol. The Labute approximate surface area is 165 Å². The van der Waals surface area contributed by atoms with Gasteiger partial charge in [-0.15, -0.1) is 0 Å². The molecule has 0 aliphatic heterocycles. The highest BCUT2D eigenvalue weighted by Gasteiger charge is 2.07. The Morgan fingerprint density at radius 3 is 1.67 bits per heavy atom. The molecule has 132 valence electrons. The van der Waals surface area contributed by atoms with Crippen LogP contribution in [-0.4, -0.2) is 0 Å². The van der Waals surface area contributed by atoms with Crippen LogP contribution in [0.1, 0.15) is 11.1 Å². The molecule has 0 N–H and O–H groups in total. The largest absolute Gasteiger partial charge is 0.0895 e. The van der Waals surface area contributed by atoms with E-state index < -0.39 is 0 Å². The molecule has 1 heteroatoms. The van der Waals surface area contributed by atoms with Crippen LogP contribution in [0.2, 0.25) is 0 Å². The van der Waals surface area contributed by atoms with Gasteiger partial charge >= 0.3 is 0 Å². The van der Waals surface area contributed by atoms with Gasteiger partial charge in [-0.3, -0.25) is 0 Å². The van der Waals surface area contributed by atoms with Crippen molar-refractivity contribution in [2.24, 2.45) is 0 Å². The van der Waals surface area contributed by atoms with E-state index in [1.54, 1.807) is 0 Å². The first-order chi connectivity index (χ1) is 13.2. The van der Waals surface area contributed by atoms with E-state index in [1.807, 2.05) is 11.8 Å². The van der Waals surface area contributed by atoms with Crippen LogP contribution in [0.4, 0.5) is 0 Å². The molecule has 0 saturated heterocycles. The molecule has 27 heavy (non-hydrogen) atoms. The summed E-state index contributed by atoms with van der Waals surface area (Å²) in [5.74, 6) is 0. The predicted molar refractivity (Wildman–Crippen MR) is 117 cm³/mol. The molecule has 0 amide bonds. The van der Waals surface area contributed by atoms with Gasteiger partial charge in [0.15, 0.2) is 0 Å². The summed E-state index contributed by atoms with van der Waals surface area (Å²) in [5.41, 5.74) is 7.65. The van der Waals surface area contributed by atoms with Gasteiger partial charge in [-0.25, -0.2) is 0 Å². The maximum atomic E-state index is 2.31.